The molecule has 1 fully saturated rings. The van der Waals surface area contributed by atoms with Crippen molar-refractivity contribution in [3.63, 3.8) is 0 Å². The fourth-order valence-corrected chi connectivity index (χ4v) is 4.77. The number of nitrogens with two attached hydrogens (primary N) is 1. The summed E-state index contributed by atoms with van der Waals surface area (Å²) in [4.78, 5) is 13.0. The molecule has 0 spiro atoms. The summed E-state index contributed by atoms with van der Waals surface area (Å²) in [6.07, 6.45) is 7.03. The van der Waals surface area contributed by atoms with Crippen LogP contribution in [0.4, 0.5) is 5.69 Å². The summed E-state index contributed by atoms with van der Waals surface area (Å²) in [5.41, 5.74) is 1.94. The molecular weight excluding hydrogens is 408 g/mol. The van der Waals surface area contributed by atoms with Crippen molar-refractivity contribution < 1.29 is 9.35 Å². The van der Waals surface area contributed by atoms with Gasteiger partial charge in [0.2, 0.25) is 5.91 Å². The van der Waals surface area contributed by atoms with Crippen LogP contribution in [0, 0.1) is 5.92 Å². The predicted molar refractivity (Wildman–Crippen MR) is 116 cm³/mol. The number of anilines is 1. The zero-order valence-corrected chi connectivity index (χ0v) is 17.5. The molecule has 0 bridgehead atoms. The second kappa shape index (κ2) is 8.75. The number of carbonyl (C=O) groups excluding carboxylic acids is 1. The average Bonchev–Trinajstić information content (AvgIpc) is 3.32. The first kappa shape index (κ1) is 20.2. The van der Waals surface area contributed by atoms with E-state index in [-0.39, 0.29) is 12.3 Å². The minimum atomic E-state index is -1.69. The highest BCUT2D eigenvalue weighted by Gasteiger charge is 2.20. The van der Waals surface area contributed by atoms with E-state index in [1.807, 2.05) is 29.1 Å². The van der Waals surface area contributed by atoms with Gasteiger partial charge in [-0.3, -0.25) is 9.48 Å². The van der Waals surface area contributed by atoms with Crippen LogP contribution >= 0.6 is 11.6 Å². The van der Waals surface area contributed by atoms with Crippen molar-refractivity contribution >= 4 is 45.5 Å². The highest BCUT2D eigenvalue weighted by atomic mass is 35.5. The smallest absolute Gasteiger partial charge is 0.228 e. The van der Waals surface area contributed by atoms with Crippen molar-refractivity contribution in [2.45, 2.75) is 43.5 Å². The number of nitrogens with one attached hydrogen (secondary N) is 1. The van der Waals surface area contributed by atoms with Gasteiger partial charge < -0.3 is 9.87 Å². The molecule has 1 aromatic heterocycles. The molecule has 152 valence electrons. The summed E-state index contributed by atoms with van der Waals surface area (Å²) < 4.78 is 14.0. The maximum Gasteiger partial charge on any atom is 0.228 e. The van der Waals surface area contributed by atoms with Gasteiger partial charge in [-0.2, -0.15) is 5.10 Å². The average molecular weight is 431 g/mol. The van der Waals surface area contributed by atoms with Crippen molar-refractivity contribution in [1.82, 2.24) is 9.78 Å². The van der Waals surface area contributed by atoms with E-state index < -0.39 is 11.4 Å². The summed E-state index contributed by atoms with van der Waals surface area (Å²) in [6, 6.07) is 10.7. The van der Waals surface area contributed by atoms with Crippen LogP contribution in [0.3, 0.4) is 0 Å². The summed E-state index contributed by atoms with van der Waals surface area (Å²) in [7, 11) is 0. The van der Waals surface area contributed by atoms with Gasteiger partial charge in [0, 0.05) is 29.5 Å². The standard InChI is InChI=1S/C21H23ClN4O2S/c22-18-8-4-3-7-15(18)9-21(27)24-16-10-19-17(20(11-16)29(23)28)13-26(25-19)12-14-5-1-2-6-14/h3-4,7-8,10-11,13-14H,1-2,5-6,9,12,23H2,(H,24,27). The van der Waals surface area contributed by atoms with Crippen LogP contribution in [0.1, 0.15) is 31.2 Å². The van der Waals surface area contributed by atoms with Crippen LogP contribution in [-0.4, -0.2) is 20.2 Å². The van der Waals surface area contributed by atoms with Gasteiger partial charge in [0.05, 0.1) is 28.7 Å². The number of hydrogen-bond donors (Lipinski definition) is 2. The Labute approximate surface area is 177 Å². The number of hydrogen-bond acceptors (Lipinski definition) is 4. The number of amides is 1. The third kappa shape index (κ3) is 4.75. The number of nitrogens with zero attached hydrogens (tertiary/aromatic N) is 2. The molecule has 3 N–H and O–H groups in total. The minimum Gasteiger partial charge on any atom is -0.593 e. The van der Waals surface area contributed by atoms with Crippen molar-refractivity contribution in [2.24, 2.45) is 11.1 Å². The minimum absolute atomic E-state index is 0.148. The number of fused-ring (bicyclic) bond motifs is 1. The molecule has 0 radical (unpaired) electrons. The van der Waals surface area contributed by atoms with Crippen molar-refractivity contribution in [3.8, 4) is 0 Å². The molecule has 1 aliphatic carbocycles. The third-order valence-corrected chi connectivity index (χ3v) is 6.50. The van der Waals surface area contributed by atoms with Gasteiger partial charge in [-0.25, -0.2) is 0 Å². The summed E-state index contributed by atoms with van der Waals surface area (Å²) in [5, 5.41) is 14.5. The Morgan fingerprint density at radius 1 is 1.31 bits per heavy atom. The second-order valence-electron chi connectivity index (χ2n) is 7.52. The molecule has 4 rings (SSSR count). The SMILES string of the molecule is N[S+]([O-])c1cc(NC(=O)Cc2ccccc2Cl)cc2nn(CC3CCCC3)cc12. The lowest BCUT2D eigenvalue weighted by Crippen LogP contribution is -2.16. The van der Waals surface area contributed by atoms with E-state index in [9.17, 15) is 9.35 Å². The number of benzene rings is 2. The van der Waals surface area contributed by atoms with Gasteiger partial charge in [0.15, 0.2) is 4.90 Å². The van der Waals surface area contributed by atoms with Crippen LogP contribution in [-0.2, 0) is 29.1 Å². The lowest BCUT2D eigenvalue weighted by molar-refractivity contribution is -0.115. The Balaban J connectivity index is 1.57. The third-order valence-electron chi connectivity index (χ3n) is 5.36. The number of aromatic nitrogens is 2. The first-order valence-corrected chi connectivity index (χ1v) is 11.3. The highest BCUT2D eigenvalue weighted by Crippen LogP contribution is 2.29. The zero-order valence-electron chi connectivity index (χ0n) is 15.9. The Kier molecular flexibility index (Phi) is 6.10. The summed E-state index contributed by atoms with van der Waals surface area (Å²) in [5.74, 6) is 0.419. The Morgan fingerprint density at radius 2 is 2.07 bits per heavy atom. The maximum absolute atomic E-state index is 12.5. The topological polar surface area (TPSA) is 96.0 Å². The molecule has 0 saturated heterocycles. The number of halogens is 1. The van der Waals surface area contributed by atoms with Crippen molar-refractivity contribution in [2.75, 3.05) is 5.32 Å². The molecule has 2 aromatic carbocycles. The van der Waals surface area contributed by atoms with E-state index in [2.05, 4.69) is 10.4 Å². The lowest BCUT2D eigenvalue weighted by atomic mass is 10.1. The monoisotopic (exact) mass is 430 g/mol. The van der Waals surface area contributed by atoms with Crippen LogP contribution in [0.5, 0.6) is 0 Å². The molecule has 1 aliphatic rings. The predicted octanol–water partition coefficient (Wildman–Crippen LogP) is 4.04. The molecule has 1 saturated carbocycles. The normalized spacial score (nSPS) is 15.7. The van der Waals surface area contributed by atoms with E-state index in [4.69, 9.17) is 16.7 Å². The van der Waals surface area contributed by atoms with Gasteiger partial charge in [-0.15, -0.1) is 5.14 Å². The molecular formula is C21H23ClN4O2S. The van der Waals surface area contributed by atoms with E-state index in [1.54, 1.807) is 18.2 Å². The van der Waals surface area contributed by atoms with E-state index in [0.717, 1.165) is 17.5 Å². The molecule has 0 aliphatic heterocycles. The molecule has 1 unspecified atom stereocenters. The highest BCUT2D eigenvalue weighted by molar-refractivity contribution is 7.89. The van der Waals surface area contributed by atoms with Crippen LogP contribution in [0.2, 0.25) is 5.02 Å². The van der Waals surface area contributed by atoms with Gasteiger partial charge >= 0.3 is 0 Å². The fraction of sp³-hybridized carbons (Fsp3) is 0.333. The molecule has 1 atom stereocenters. The second-order valence-corrected chi connectivity index (χ2v) is 8.96. The van der Waals surface area contributed by atoms with Crippen LogP contribution in [0.15, 0.2) is 47.5 Å². The van der Waals surface area contributed by atoms with E-state index in [1.165, 1.54) is 25.7 Å². The summed E-state index contributed by atoms with van der Waals surface area (Å²) in [6.45, 7) is 0.847. The number of rotatable bonds is 6. The first-order chi connectivity index (χ1) is 14.0. The Morgan fingerprint density at radius 3 is 2.79 bits per heavy atom. The quantitative estimate of drug-likeness (QED) is 0.576. The molecule has 8 heteroatoms. The molecule has 1 amide bonds. The van der Waals surface area contributed by atoms with Gasteiger partial charge in [0.1, 0.15) is 0 Å². The molecule has 6 nitrogen and oxygen atoms in total. The molecule has 3 aromatic rings. The van der Waals surface area contributed by atoms with Crippen molar-refractivity contribution in [1.29, 1.82) is 0 Å². The van der Waals surface area contributed by atoms with E-state index >= 15 is 0 Å². The zero-order chi connectivity index (χ0) is 20.4. The van der Waals surface area contributed by atoms with Gasteiger partial charge in [-0.05, 0) is 36.5 Å². The lowest BCUT2D eigenvalue weighted by Gasteiger charge is -2.09. The molecule has 29 heavy (non-hydrogen) atoms. The maximum atomic E-state index is 12.5. The van der Waals surface area contributed by atoms with Crippen LogP contribution in [0.25, 0.3) is 10.9 Å². The Bertz CT molecular complexity index is 1030. The van der Waals surface area contributed by atoms with Gasteiger partial charge in [0.25, 0.3) is 0 Å². The fourth-order valence-electron chi connectivity index (χ4n) is 3.95. The largest absolute Gasteiger partial charge is 0.593 e. The molecule has 1 heterocycles. The van der Waals surface area contributed by atoms with E-state index in [0.29, 0.717) is 27.0 Å². The van der Waals surface area contributed by atoms with Gasteiger partial charge in [-0.1, -0.05) is 42.6 Å². The first-order valence-electron chi connectivity index (χ1n) is 9.70. The van der Waals surface area contributed by atoms with Crippen molar-refractivity contribution in [3.05, 3.63) is 53.2 Å². The summed E-state index contributed by atoms with van der Waals surface area (Å²) >= 11 is 4.45. The van der Waals surface area contributed by atoms with Crippen LogP contribution < -0.4 is 10.5 Å². The number of carbonyl (C=O) groups is 1. The Hall–Kier alpha value is -2.06.